The zero-order valence-electron chi connectivity index (χ0n) is 41.4. The SMILES string of the molecule is c1ccc(-c2ccccc2-c2c3cccc4c3c(c3cccc5c(-c6ccccc6-c6ccccc6)c6c7ccc(-c8ccccc8)c8c(-c9ccccc9)ccc(c87)c6c4c53)c3c4cccc5cccc(c23)c54)cc1. The van der Waals surface area contributed by atoms with Crippen molar-refractivity contribution < 1.29 is 0 Å². The van der Waals surface area contributed by atoms with E-state index in [1.165, 1.54) is 174 Å². The van der Waals surface area contributed by atoms with E-state index in [0.29, 0.717) is 0 Å². The van der Waals surface area contributed by atoms with Gasteiger partial charge in [0.25, 0.3) is 0 Å². The summed E-state index contributed by atoms with van der Waals surface area (Å²) in [6.07, 6.45) is 0. The van der Waals surface area contributed by atoms with Crippen molar-refractivity contribution in [3.05, 3.63) is 267 Å². The van der Waals surface area contributed by atoms with Gasteiger partial charge in [-0.2, -0.15) is 0 Å². The van der Waals surface area contributed by atoms with Crippen LogP contribution in [0.3, 0.4) is 0 Å². The molecule has 0 saturated heterocycles. The Morgan fingerprint density at radius 3 is 0.855 bits per heavy atom. The quantitative estimate of drug-likeness (QED) is 0.115. The minimum absolute atomic E-state index is 1.21. The van der Waals surface area contributed by atoms with E-state index in [2.05, 4.69) is 267 Å². The normalized spacial score (nSPS) is 12.2. The Hall–Kier alpha value is -9.88. The molecule has 0 amide bonds. The summed E-state index contributed by atoms with van der Waals surface area (Å²) in [5.41, 5.74) is 14.9. The zero-order valence-corrected chi connectivity index (χ0v) is 41.4. The van der Waals surface area contributed by atoms with Crippen molar-refractivity contribution in [1.82, 2.24) is 0 Å². The van der Waals surface area contributed by atoms with Gasteiger partial charge in [-0.15, -0.1) is 0 Å². The maximum absolute atomic E-state index is 2.46. The standard InChI is InChI=1S/C76H44/c1-5-21-45(22-6-1)50-31-13-15-33-54(50)66-58-37-19-40-61-69(58)72(75-57-36-18-30-49-29-17-35-56(64(49)57)71(66)75)60-39-20-38-59-67(55-34-16-14-32-51(55)46-23-7-2-8-24-46)74-62-43-41-52(47-25-9-3-10-26-47)65-53(48-27-11-4-12-28-48)42-44-63(68(62)65)76(74)73(61)70(59)60/h1-44H. The van der Waals surface area contributed by atoms with Crippen molar-refractivity contribution in [2.45, 2.75) is 0 Å². The Morgan fingerprint density at radius 1 is 0.132 bits per heavy atom. The second kappa shape index (κ2) is 15.8. The summed E-state index contributed by atoms with van der Waals surface area (Å²) in [5, 5.41) is 26.1. The lowest BCUT2D eigenvalue weighted by Gasteiger charge is -2.23. The van der Waals surface area contributed by atoms with E-state index < -0.39 is 0 Å². The molecule has 0 N–H and O–H groups in total. The molecular formula is C76H44. The Balaban J connectivity index is 1.16. The Morgan fingerprint density at radius 2 is 0.421 bits per heavy atom. The summed E-state index contributed by atoms with van der Waals surface area (Å²) < 4.78 is 0. The van der Waals surface area contributed by atoms with E-state index in [9.17, 15) is 0 Å². The van der Waals surface area contributed by atoms with Gasteiger partial charge in [0.1, 0.15) is 0 Å². The molecule has 0 aliphatic heterocycles. The van der Waals surface area contributed by atoms with E-state index in [1.54, 1.807) is 0 Å². The average Bonchev–Trinajstić information content (AvgIpc) is 4.16. The highest BCUT2D eigenvalue weighted by Crippen LogP contribution is 2.59. The highest BCUT2D eigenvalue weighted by Gasteiger charge is 2.30. The fourth-order valence-electron chi connectivity index (χ4n) is 14.2. The van der Waals surface area contributed by atoms with Crippen LogP contribution in [0.1, 0.15) is 0 Å². The fourth-order valence-corrected chi connectivity index (χ4v) is 14.2. The van der Waals surface area contributed by atoms with Crippen LogP contribution >= 0.6 is 0 Å². The third kappa shape index (κ3) is 5.57. The number of hydrogen-bond acceptors (Lipinski definition) is 0. The van der Waals surface area contributed by atoms with E-state index >= 15 is 0 Å². The van der Waals surface area contributed by atoms with Crippen LogP contribution in [0.5, 0.6) is 0 Å². The molecule has 0 aliphatic carbocycles. The van der Waals surface area contributed by atoms with Crippen LogP contribution in [0.15, 0.2) is 267 Å². The topological polar surface area (TPSA) is 0 Å². The van der Waals surface area contributed by atoms with E-state index in [-0.39, 0.29) is 0 Å². The summed E-state index contributed by atoms with van der Waals surface area (Å²) in [6, 6.07) is 100. The largest absolute Gasteiger partial charge is 0.0622 e. The second-order valence-corrected chi connectivity index (χ2v) is 20.8. The van der Waals surface area contributed by atoms with Gasteiger partial charge in [-0.1, -0.05) is 267 Å². The molecule has 76 heavy (non-hydrogen) atoms. The molecule has 0 fully saturated rings. The molecule has 0 radical (unpaired) electrons. The third-order valence-corrected chi connectivity index (χ3v) is 17.1. The minimum atomic E-state index is 1.21. The molecule has 17 rings (SSSR count). The monoisotopic (exact) mass is 956 g/mol. The van der Waals surface area contributed by atoms with Crippen LogP contribution in [0.4, 0.5) is 0 Å². The fraction of sp³-hybridized carbons (Fsp3) is 0. The van der Waals surface area contributed by atoms with Crippen LogP contribution in [0, 0.1) is 0 Å². The Labute approximate surface area is 439 Å². The first-order chi connectivity index (χ1) is 37.8. The van der Waals surface area contributed by atoms with Crippen LogP contribution in [-0.2, 0) is 0 Å². The molecule has 0 aliphatic rings. The van der Waals surface area contributed by atoms with Gasteiger partial charge in [0, 0.05) is 0 Å². The molecule has 0 spiro atoms. The zero-order chi connectivity index (χ0) is 49.6. The molecule has 0 bridgehead atoms. The van der Waals surface area contributed by atoms with E-state index in [4.69, 9.17) is 0 Å². The molecule has 0 nitrogen and oxygen atoms in total. The lowest BCUT2D eigenvalue weighted by Crippen LogP contribution is -1.95. The summed E-state index contributed by atoms with van der Waals surface area (Å²) in [4.78, 5) is 0. The maximum Gasteiger partial charge on any atom is -0.000695 e. The van der Waals surface area contributed by atoms with Gasteiger partial charge in [0.05, 0.1) is 0 Å². The Bertz CT molecular complexity index is 5120. The van der Waals surface area contributed by atoms with Crippen molar-refractivity contribution in [1.29, 1.82) is 0 Å². The highest BCUT2D eigenvalue weighted by molar-refractivity contribution is 6.53. The number of hydrogen-bond donors (Lipinski definition) is 0. The van der Waals surface area contributed by atoms with Crippen molar-refractivity contribution in [2.24, 2.45) is 0 Å². The molecule has 348 valence electrons. The van der Waals surface area contributed by atoms with E-state index in [0.717, 1.165) is 0 Å². The van der Waals surface area contributed by atoms with Gasteiger partial charge in [0.15, 0.2) is 0 Å². The van der Waals surface area contributed by atoms with Gasteiger partial charge in [-0.3, -0.25) is 0 Å². The first-order valence-corrected chi connectivity index (χ1v) is 26.6. The third-order valence-electron chi connectivity index (χ3n) is 17.1. The molecule has 0 saturated carbocycles. The van der Waals surface area contributed by atoms with E-state index in [1.807, 2.05) is 0 Å². The summed E-state index contributed by atoms with van der Waals surface area (Å²) in [7, 11) is 0. The average molecular weight is 957 g/mol. The smallest absolute Gasteiger partial charge is 0.000695 e. The summed E-state index contributed by atoms with van der Waals surface area (Å²) in [6.45, 7) is 0. The van der Waals surface area contributed by atoms with Crippen molar-refractivity contribution in [2.75, 3.05) is 0 Å². The number of fused-ring (bicyclic) bond motifs is 10. The highest BCUT2D eigenvalue weighted by atomic mass is 14.3. The van der Waals surface area contributed by atoms with Crippen LogP contribution < -0.4 is 0 Å². The molecule has 17 aromatic rings. The maximum atomic E-state index is 2.46. The first-order valence-electron chi connectivity index (χ1n) is 26.6. The van der Waals surface area contributed by atoms with Crippen molar-refractivity contribution >= 4 is 108 Å². The van der Waals surface area contributed by atoms with Gasteiger partial charge in [-0.05, 0) is 174 Å². The van der Waals surface area contributed by atoms with Crippen molar-refractivity contribution in [3.8, 4) is 66.8 Å². The van der Waals surface area contributed by atoms with Crippen LogP contribution in [0.25, 0.3) is 174 Å². The van der Waals surface area contributed by atoms with Crippen LogP contribution in [-0.4, -0.2) is 0 Å². The van der Waals surface area contributed by atoms with Gasteiger partial charge in [0.2, 0.25) is 0 Å². The molecule has 0 atom stereocenters. The molecular weight excluding hydrogens is 913 g/mol. The minimum Gasteiger partial charge on any atom is -0.0622 e. The molecule has 0 heteroatoms. The molecule has 0 heterocycles. The summed E-state index contributed by atoms with van der Waals surface area (Å²) >= 11 is 0. The molecule has 0 aromatic heterocycles. The predicted molar refractivity (Wildman–Crippen MR) is 328 cm³/mol. The van der Waals surface area contributed by atoms with Gasteiger partial charge < -0.3 is 0 Å². The number of rotatable bonds is 6. The lowest BCUT2D eigenvalue weighted by atomic mass is 9.79. The van der Waals surface area contributed by atoms with Crippen LogP contribution in [0.2, 0.25) is 0 Å². The predicted octanol–water partition coefficient (Wildman–Crippen LogP) is 21.5. The lowest BCUT2D eigenvalue weighted by molar-refractivity contribution is 1.61. The summed E-state index contributed by atoms with van der Waals surface area (Å²) in [5.74, 6) is 0. The Kier molecular flexibility index (Phi) is 8.65. The number of benzene rings is 15. The van der Waals surface area contributed by atoms with Gasteiger partial charge >= 0.3 is 0 Å². The van der Waals surface area contributed by atoms with Gasteiger partial charge in [-0.25, -0.2) is 0 Å². The first kappa shape index (κ1) is 41.6. The second-order valence-electron chi connectivity index (χ2n) is 20.8. The molecule has 17 aromatic carbocycles. The molecule has 0 unspecified atom stereocenters. The van der Waals surface area contributed by atoms with Crippen molar-refractivity contribution in [3.63, 3.8) is 0 Å².